The topological polar surface area (TPSA) is 49.8 Å². The van der Waals surface area contributed by atoms with Gasteiger partial charge in [0, 0.05) is 36.4 Å². The number of hydrogen-bond acceptors (Lipinski definition) is 3. The Labute approximate surface area is 142 Å². The van der Waals surface area contributed by atoms with E-state index in [4.69, 9.17) is 16.3 Å². The zero-order valence-corrected chi connectivity index (χ0v) is 14.0. The van der Waals surface area contributed by atoms with Crippen molar-refractivity contribution in [3.63, 3.8) is 0 Å². The molecule has 0 bridgehead atoms. The molecule has 1 aromatic rings. The molecule has 2 saturated heterocycles. The number of amides is 1. The van der Waals surface area contributed by atoms with Crippen LogP contribution in [0.15, 0.2) is 24.3 Å². The molecule has 1 N–H and O–H groups in total. The average Bonchev–Trinajstić information content (AvgIpc) is 2.62. The van der Waals surface area contributed by atoms with Crippen LogP contribution in [0.3, 0.4) is 0 Å². The van der Waals surface area contributed by atoms with Crippen molar-refractivity contribution in [3.05, 3.63) is 34.9 Å². The Balaban J connectivity index is 1.76. The van der Waals surface area contributed by atoms with E-state index in [1.807, 2.05) is 4.90 Å². The largest absolute Gasteiger partial charge is 0.381 e. The van der Waals surface area contributed by atoms with Gasteiger partial charge in [-0.15, -0.1) is 0 Å². The van der Waals surface area contributed by atoms with Gasteiger partial charge in [-0.25, -0.2) is 0 Å². The Hall–Kier alpha value is -1.10. The first kappa shape index (κ1) is 16.7. The summed E-state index contributed by atoms with van der Waals surface area (Å²) in [7, 11) is 0. The van der Waals surface area contributed by atoms with Crippen LogP contribution < -0.4 is 0 Å². The van der Waals surface area contributed by atoms with Gasteiger partial charge in [-0.05, 0) is 44.1 Å². The van der Waals surface area contributed by atoms with E-state index in [0.29, 0.717) is 16.5 Å². The maximum Gasteiger partial charge on any atom is 0.256 e. The Morgan fingerprint density at radius 1 is 1.22 bits per heavy atom. The fourth-order valence-electron chi connectivity index (χ4n) is 3.81. The summed E-state index contributed by atoms with van der Waals surface area (Å²) in [4.78, 5) is 14.8. The lowest BCUT2D eigenvalue weighted by atomic mass is 9.84. The number of rotatable bonds is 3. The monoisotopic (exact) mass is 337 g/mol. The van der Waals surface area contributed by atoms with Gasteiger partial charge in [-0.1, -0.05) is 29.8 Å². The van der Waals surface area contributed by atoms with Crippen LogP contribution in [0.25, 0.3) is 0 Å². The van der Waals surface area contributed by atoms with Gasteiger partial charge in [0.05, 0.1) is 0 Å². The van der Waals surface area contributed by atoms with Crippen molar-refractivity contribution >= 4 is 17.5 Å². The molecule has 0 radical (unpaired) electrons. The van der Waals surface area contributed by atoms with Crippen LogP contribution in [0.1, 0.15) is 43.8 Å². The highest BCUT2D eigenvalue weighted by atomic mass is 35.5. The van der Waals surface area contributed by atoms with Crippen molar-refractivity contribution in [2.75, 3.05) is 19.8 Å². The number of benzene rings is 1. The number of hydrogen-bond donors (Lipinski definition) is 1. The van der Waals surface area contributed by atoms with E-state index in [1.165, 1.54) is 0 Å². The van der Waals surface area contributed by atoms with Gasteiger partial charge < -0.3 is 14.7 Å². The lowest BCUT2D eigenvalue weighted by Crippen LogP contribution is -2.50. The molecular formula is C18H24ClNO3. The van der Waals surface area contributed by atoms with Crippen molar-refractivity contribution in [1.82, 2.24) is 4.90 Å². The average molecular weight is 338 g/mol. The number of piperidine rings is 1. The molecule has 2 aliphatic heterocycles. The number of nitrogens with zero attached hydrogens (tertiary/aromatic N) is 1. The van der Waals surface area contributed by atoms with Crippen molar-refractivity contribution in [2.24, 2.45) is 5.92 Å². The number of carbonyl (C=O) groups excluding carboxylic acids is 1. The maximum absolute atomic E-state index is 12.9. The van der Waals surface area contributed by atoms with Crippen molar-refractivity contribution in [1.29, 1.82) is 0 Å². The summed E-state index contributed by atoms with van der Waals surface area (Å²) in [5, 5.41) is 11.0. The lowest BCUT2D eigenvalue weighted by Gasteiger charge is -2.42. The summed E-state index contributed by atoms with van der Waals surface area (Å²) in [5.41, 5.74) is 0.496. The van der Waals surface area contributed by atoms with E-state index in [-0.39, 0.29) is 11.9 Å². The van der Waals surface area contributed by atoms with Crippen LogP contribution in [0, 0.1) is 5.92 Å². The third-order valence-corrected chi connectivity index (χ3v) is 5.42. The normalized spacial score (nSPS) is 24.4. The minimum atomic E-state index is -1.18. The molecule has 2 atom stereocenters. The summed E-state index contributed by atoms with van der Waals surface area (Å²) in [5.74, 6) is 0.265. The van der Waals surface area contributed by atoms with Crippen LogP contribution in [0.4, 0.5) is 0 Å². The second-order valence-electron chi connectivity index (χ2n) is 6.47. The van der Waals surface area contributed by atoms with E-state index >= 15 is 0 Å². The first-order valence-electron chi connectivity index (χ1n) is 8.49. The lowest BCUT2D eigenvalue weighted by molar-refractivity contribution is -0.146. The number of carbonyl (C=O) groups is 1. The van der Waals surface area contributed by atoms with Crippen LogP contribution in [0.2, 0.25) is 5.02 Å². The molecule has 1 amide bonds. The molecule has 23 heavy (non-hydrogen) atoms. The molecule has 2 aliphatic rings. The molecule has 5 heteroatoms. The molecule has 4 nitrogen and oxygen atoms in total. The fraction of sp³-hybridized carbons (Fsp3) is 0.611. The summed E-state index contributed by atoms with van der Waals surface area (Å²) < 4.78 is 5.45. The van der Waals surface area contributed by atoms with E-state index < -0.39 is 6.10 Å². The van der Waals surface area contributed by atoms with Gasteiger partial charge in [0.15, 0.2) is 6.10 Å². The first-order chi connectivity index (χ1) is 11.2. The summed E-state index contributed by atoms with van der Waals surface area (Å²) in [6.07, 6.45) is 3.98. The zero-order valence-electron chi connectivity index (χ0n) is 13.3. The smallest absolute Gasteiger partial charge is 0.256 e. The van der Waals surface area contributed by atoms with Crippen LogP contribution in [-0.4, -0.2) is 41.7 Å². The van der Waals surface area contributed by atoms with Crippen molar-refractivity contribution < 1.29 is 14.6 Å². The number of likely N-dealkylation sites (tertiary alicyclic amines) is 1. The third kappa shape index (κ3) is 3.70. The van der Waals surface area contributed by atoms with Gasteiger partial charge in [-0.2, -0.15) is 0 Å². The van der Waals surface area contributed by atoms with Gasteiger partial charge >= 0.3 is 0 Å². The van der Waals surface area contributed by atoms with E-state index in [9.17, 15) is 9.90 Å². The number of aliphatic hydroxyl groups is 1. The minimum absolute atomic E-state index is 0.214. The summed E-state index contributed by atoms with van der Waals surface area (Å²) in [6, 6.07) is 7.24. The molecular weight excluding hydrogens is 314 g/mol. The Morgan fingerprint density at radius 2 is 1.96 bits per heavy atom. The zero-order chi connectivity index (χ0) is 16.2. The fourth-order valence-corrected chi connectivity index (χ4v) is 4.05. The molecule has 1 aromatic carbocycles. The van der Waals surface area contributed by atoms with Crippen LogP contribution >= 0.6 is 11.6 Å². The summed E-state index contributed by atoms with van der Waals surface area (Å²) in [6.45, 7) is 2.27. The van der Waals surface area contributed by atoms with Gasteiger partial charge in [0.25, 0.3) is 5.91 Å². The van der Waals surface area contributed by atoms with Gasteiger partial charge in [0.2, 0.25) is 0 Å². The molecule has 2 heterocycles. The van der Waals surface area contributed by atoms with Gasteiger partial charge in [0.1, 0.15) is 0 Å². The first-order valence-corrected chi connectivity index (χ1v) is 8.87. The molecule has 0 aliphatic carbocycles. The quantitative estimate of drug-likeness (QED) is 0.921. The highest BCUT2D eigenvalue weighted by Gasteiger charge is 2.36. The van der Waals surface area contributed by atoms with Crippen LogP contribution in [-0.2, 0) is 9.53 Å². The Kier molecular flexibility index (Phi) is 5.57. The highest BCUT2D eigenvalue weighted by Crippen LogP contribution is 2.32. The molecule has 2 fully saturated rings. The molecule has 1 unspecified atom stereocenters. The maximum atomic E-state index is 12.9. The number of ether oxygens (including phenoxy) is 1. The molecule has 0 saturated carbocycles. The molecule has 0 aromatic heterocycles. The van der Waals surface area contributed by atoms with E-state index in [1.54, 1.807) is 24.3 Å². The molecule has 0 spiro atoms. The predicted molar refractivity (Wildman–Crippen MR) is 89.3 cm³/mol. The standard InChI is InChI=1S/C18H24ClNO3/c19-15-6-2-1-5-14(15)17(21)18(22)20-10-4-3-7-16(20)13-8-11-23-12-9-13/h1-2,5-6,13,16-17,21H,3-4,7-12H2/t16?,17-/m1/s1. The second-order valence-corrected chi connectivity index (χ2v) is 6.88. The number of aliphatic hydroxyl groups excluding tert-OH is 1. The van der Waals surface area contributed by atoms with Crippen molar-refractivity contribution in [2.45, 2.75) is 44.2 Å². The predicted octanol–water partition coefficient (Wildman–Crippen LogP) is 3.18. The Bertz CT molecular complexity index is 545. The molecule has 3 rings (SSSR count). The van der Waals surface area contributed by atoms with Crippen molar-refractivity contribution in [3.8, 4) is 0 Å². The SMILES string of the molecule is O=C([C@H](O)c1ccccc1Cl)N1CCCCC1C1CCOCC1. The van der Waals surface area contributed by atoms with Crippen LogP contribution in [0.5, 0.6) is 0 Å². The molecule has 126 valence electrons. The summed E-state index contributed by atoms with van der Waals surface area (Å²) >= 11 is 6.14. The number of halogens is 1. The second kappa shape index (κ2) is 7.65. The van der Waals surface area contributed by atoms with Gasteiger partial charge in [-0.3, -0.25) is 4.79 Å². The highest BCUT2D eigenvalue weighted by molar-refractivity contribution is 6.31. The minimum Gasteiger partial charge on any atom is -0.381 e. The Morgan fingerprint density at radius 3 is 2.70 bits per heavy atom. The van der Waals surface area contributed by atoms with E-state index in [0.717, 1.165) is 51.9 Å². The van der Waals surface area contributed by atoms with E-state index in [2.05, 4.69) is 0 Å². The third-order valence-electron chi connectivity index (χ3n) is 5.08.